The van der Waals surface area contributed by atoms with Crippen LogP contribution in [0.15, 0.2) is 40.4 Å². The molecule has 3 aromatic rings. The molecule has 108 valence electrons. The predicted octanol–water partition coefficient (Wildman–Crippen LogP) is 2.10. The number of halogens is 1. The predicted molar refractivity (Wildman–Crippen MR) is 79.7 cm³/mol. The van der Waals surface area contributed by atoms with Crippen molar-refractivity contribution in [2.75, 3.05) is 0 Å². The number of benzene rings is 1. The van der Waals surface area contributed by atoms with Crippen molar-refractivity contribution in [2.45, 2.75) is 10.9 Å². The van der Waals surface area contributed by atoms with Gasteiger partial charge < -0.3 is 0 Å². The summed E-state index contributed by atoms with van der Waals surface area (Å²) in [5, 5.41) is 5.13. The van der Waals surface area contributed by atoms with E-state index in [1.807, 2.05) is 6.07 Å². The van der Waals surface area contributed by atoms with E-state index in [-0.39, 0.29) is 11.4 Å². The lowest BCUT2D eigenvalue weighted by Gasteiger charge is -2.07. The first kappa shape index (κ1) is 13.8. The number of hydrogen-bond donors (Lipinski definition) is 0. The van der Waals surface area contributed by atoms with Gasteiger partial charge in [0.25, 0.3) is 5.56 Å². The zero-order valence-electron chi connectivity index (χ0n) is 11.6. The quantitative estimate of drug-likeness (QED) is 0.549. The van der Waals surface area contributed by atoms with Crippen molar-refractivity contribution in [1.82, 2.24) is 19.3 Å². The molecule has 0 fully saturated rings. The highest BCUT2D eigenvalue weighted by Crippen LogP contribution is 2.21. The molecule has 3 rings (SSSR count). The van der Waals surface area contributed by atoms with Crippen LogP contribution in [0.5, 0.6) is 0 Å². The molecule has 2 heterocycles. The third-order valence-corrected chi connectivity index (χ3v) is 4.29. The third-order valence-electron chi connectivity index (χ3n) is 3.19. The molecule has 0 spiro atoms. The van der Waals surface area contributed by atoms with E-state index in [1.165, 1.54) is 34.7 Å². The Morgan fingerprint density at radius 1 is 1.33 bits per heavy atom. The highest BCUT2D eigenvalue weighted by molar-refractivity contribution is 7.98. The summed E-state index contributed by atoms with van der Waals surface area (Å²) in [6.45, 7) is 0. The van der Waals surface area contributed by atoms with Gasteiger partial charge in [0, 0.05) is 19.8 Å². The second-order valence-electron chi connectivity index (χ2n) is 4.68. The minimum absolute atomic E-state index is 0.130. The molecule has 2 aromatic heterocycles. The van der Waals surface area contributed by atoms with E-state index in [0.717, 1.165) is 5.56 Å². The van der Waals surface area contributed by atoms with Crippen LogP contribution in [0.4, 0.5) is 4.39 Å². The van der Waals surface area contributed by atoms with Gasteiger partial charge in [-0.3, -0.25) is 14.0 Å². The van der Waals surface area contributed by atoms with Crippen LogP contribution in [-0.2, 0) is 19.8 Å². The summed E-state index contributed by atoms with van der Waals surface area (Å²) in [6.07, 6.45) is 1.52. The topological polar surface area (TPSA) is 52.7 Å². The maximum absolute atomic E-state index is 13.2. The zero-order chi connectivity index (χ0) is 15.0. The highest BCUT2D eigenvalue weighted by atomic mass is 32.2. The van der Waals surface area contributed by atoms with E-state index < -0.39 is 0 Å². The van der Waals surface area contributed by atoms with Gasteiger partial charge in [0.05, 0.1) is 6.20 Å². The first-order valence-corrected chi connectivity index (χ1v) is 7.31. The van der Waals surface area contributed by atoms with Gasteiger partial charge in [-0.15, -0.1) is 0 Å². The van der Waals surface area contributed by atoms with E-state index in [4.69, 9.17) is 0 Å². The SMILES string of the molecule is Cn1c(SCc2cccc(F)c2)nc2c(cnn2C)c1=O. The number of rotatable bonds is 3. The van der Waals surface area contributed by atoms with Crippen molar-refractivity contribution in [3.63, 3.8) is 0 Å². The maximum atomic E-state index is 13.2. The summed E-state index contributed by atoms with van der Waals surface area (Å²) in [7, 11) is 3.42. The fourth-order valence-electron chi connectivity index (χ4n) is 2.05. The summed E-state index contributed by atoms with van der Waals surface area (Å²) in [5.41, 5.74) is 1.27. The Kier molecular flexibility index (Phi) is 3.50. The summed E-state index contributed by atoms with van der Waals surface area (Å²) in [4.78, 5) is 16.7. The van der Waals surface area contributed by atoms with Crippen LogP contribution in [0.3, 0.4) is 0 Å². The Hall–Kier alpha value is -2.15. The lowest BCUT2D eigenvalue weighted by atomic mass is 10.2. The van der Waals surface area contributed by atoms with Crippen LogP contribution in [0.2, 0.25) is 0 Å². The van der Waals surface area contributed by atoms with Gasteiger partial charge in [-0.1, -0.05) is 23.9 Å². The molecule has 0 N–H and O–H groups in total. The lowest BCUT2D eigenvalue weighted by Crippen LogP contribution is -2.19. The molecule has 0 aliphatic carbocycles. The number of aryl methyl sites for hydroxylation is 1. The largest absolute Gasteiger partial charge is 0.290 e. The van der Waals surface area contributed by atoms with Gasteiger partial charge in [-0.05, 0) is 17.7 Å². The summed E-state index contributed by atoms with van der Waals surface area (Å²) in [5.74, 6) is 0.276. The van der Waals surface area contributed by atoms with Gasteiger partial charge >= 0.3 is 0 Å². The second kappa shape index (κ2) is 5.33. The molecular weight excluding hydrogens is 291 g/mol. The van der Waals surface area contributed by atoms with Crippen LogP contribution < -0.4 is 5.56 Å². The fraction of sp³-hybridized carbons (Fsp3) is 0.214. The smallest absolute Gasteiger partial charge is 0.265 e. The second-order valence-corrected chi connectivity index (χ2v) is 5.63. The standard InChI is InChI=1S/C14H13FN4OS/c1-18-13(20)11-7-16-19(2)12(11)17-14(18)21-8-9-4-3-5-10(15)6-9/h3-7H,8H2,1-2H3. The van der Waals surface area contributed by atoms with E-state index >= 15 is 0 Å². The van der Waals surface area contributed by atoms with E-state index in [1.54, 1.807) is 24.8 Å². The van der Waals surface area contributed by atoms with Gasteiger partial charge in [0.15, 0.2) is 10.8 Å². The molecule has 0 amide bonds. The molecule has 1 aromatic carbocycles. The summed E-state index contributed by atoms with van der Waals surface area (Å²) >= 11 is 1.39. The van der Waals surface area contributed by atoms with E-state index in [0.29, 0.717) is 21.9 Å². The third kappa shape index (κ3) is 2.56. The molecule has 0 radical (unpaired) electrons. The van der Waals surface area contributed by atoms with Crippen LogP contribution in [0.25, 0.3) is 11.0 Å². The van der Waals surface area contributed by atoms with Crippen molar-refractivity contribution in [2.24, 2.45) is 14.1 Å². The lowest BCUT2D eigenvalue weighted by molar-refractivity contribution is 0.626. The van der Waals surface area contributed by atoms with Crippen molar-refractivity contribution < 1.29 is 4.39 Å². The average molecular weight is 304 g/mol. The Labute approximate surface area is 124 Å². The monoisotopic (exact) mass is 304 g/mol. The first-order valence-electron chi connectivity index (χ1n) is 6.32. The van der Waals surface area contributed by atoms with Crippen LogP contribution >= 0.6 is 11.8 Å². The molecule has 0 atom stereocenters. The number of thioether (sulfide) groups is 1. The molecule has 0 unspecified atom stereocenters. The normalized spacial score (nSPS) is 11.2. The molecule has 0 aliphatic heterocycles. The van der Waals surface area contributed by atoms with Crippen LogP contribution in [0, 0.1) is 5.82 Å². The van der Waals surface area contributed by atoms with Crippen molar-refractivity contribution in [3.8, 4) is 0 Å². The van der Waals surface area contributed by atoms with Gasteiger partial charge in [-0.25, -0.2) is 9.37 Å². The van der Waals surface area contributed by atoms with E-state index in [9.17, 15) is 9.18 Å². The van der Waals surface area contributed by atoms with Crippen molar-refractivity contribution >= 4 is 22.8 Å². The van der Waals surface area contributed by atoms with Crippen LogP contribution in [0.1, 0.15) is 5.56 Å². The van der Waals surface area contributed by atoms with Crippen molar-refractivity contribution in [1.29, 1.82) is 0 Å². The molecule has 21 heavy (non-hydrogen) atoms. The average Bonchev–Trinajstić information content (AvgIpc) is 2.83. The molecule has 5 nitrogen and oxygen atoms in total. The molecule has 0 bridgehead atoms. The van der Waals surface area contributed by atoms with Gasteiger partial charge in [0.1, 0.15) is 11.2 Å². The Balaban J connectivity index is 1.95. The number of nitrogens with zero attached hydrogens (tertiary/aromatic N) is 4. The molecule has 0 aliphatic rings. The molecule has 0 saturated heterocycles. The van der Waals surface area contributed by atoms with E-state index in [2.05, 4.69) is 10.1 Å². The van der Waals surface area contributed by atoms with Crippen molar-refractivity contribution in [3.05, 3.63) is 52.2 Å². The highest BCUT2D eigenvalue weighted by Gasteiger charge is 2.12. The van der Waals surface area contributed by atoms with Gasteiger partial charge in [-0.2, -0.15) is 5.10 Å². The minimum Gasteiger partial charge on any atom is -0.290 e. The number of hydrogen-bond acceptors (Lipinski definition) is 4. The molecule has 0 saturated carbocycles. The molecular formula is C14H13FN4OS. The zero-order valence-corrected chi connectivity index (χ0v) is 12.4. The first-order chi connectivity index (χ1) is 10.1. The number of aromatic nitrogens is 4. The maximum Gasteiger partial charge on any atom is 0.265 e. The molecule has 7 heteroatoms. The fourth-order valence-corrected chi connectivity index (χ4v) is 2.95. The number of fused-ring (bicyclic) bond motifs is 1. The Bertz CT molecular complexity index is 871. The van der Waals surface area contributed by atoms with Gasteiger partial charge in [0.2, 0.25) is 0 Å². The Morgan fingerprint density at radius 2 is 2.14 bits per heavy atom. The Morgan fingerprint density at radius 3 is 2.90 bits per heavy atom. The summed E-state index contributed by atoms with van der Waals surface area (Å²) < 4.78 is 16.2. The minimum atomic E-state index is -0.267. The van der Waals surface area contributed by atoms with Crippen LogP contribution in [-0.4, -0.2) is 19.3 Å². The summed E-state index contributed by atoms with van der Waals surface area (Å²) in [6, 6.07) is 6.40.